The number of ether oxygens (including phenoxy) is 1. The molecule has 0 atom stereocenters. The lowest BCUT2D eigenvalue weighted by atomic mass is 10.2. The summed E-state index contributed by atoms with van der Waals surface area (Å²) in [4.78, 5) is 18.4. The van der Waals surface area contributed by atoms with E-state index < -0.39 is 0 Å². The maximum atomic E-state index is 12.3. The quantitative estimate of drug-likeness (QED) is 0.675. The number of fused-ring (bicyclic) bond motifs is 1. The highest BCUT2D eigenvalue weighted by Crippen LogP contribution is 2.26. The second kappa shape index (κ2) is 6.92. The maximum Gasteiger partial charge on any atom is 0.260 e. The molecular weight excluding hydrogens is 320 g/mol. The minimum absolute atomic E-state index is 0.0605. The van der Waals surface area contributed by atoms with Crippen LogP contribution in [0.25, 0.3) is 11.0 Å². The van der Waals surface area contributed by atoms with E-state index in [0.717, 1.165) is 22.3 Å². The molecule has 8 nitrogen and oxygen atoms in total. The van der Waals surface area contributed by atoms with Gasteiger partial charge in [-0.3, -0.25) is 9.48 Å². The Labute approximate surface area is 146 Å². The zero-order valence-corrected chi connectivity index (χ0v) is 14.9. The van der Waals surface area contributed by atoms with Gasteiger partial charge in [-0.15, -0.1) is 5.10 Å². The molecule has 25 heavy (non-hydrogen) atoms. The van der Waals surface area contributed by atoms with Gasteiger partial charge in [-0.1, -0.05) is 0 Å². The van der Waals surface area contributed by atoms with Crippen LogP contribution in [0.4, 0.5) is 0 Å². The fourth-order valence-corrected chi connectivity index (χ4v) is 2.70. The summed E-state index contributed by atoms with van der Waals surface area (Å²) in [5.74, 6) is 0.333. The molecule has 0 aromatic carbocycles. The van der Waals surface area contributed by atoms with Gasteiger partial charge in [0.05, 0.1) is 11.9 Å². The Morgan fingerprint density at radius 1 is 1.36 bits per heavy atom. The number of likely N-dealkylation sites (N-methyl/N-ethyl adjacent to an activating group) is 1. The molecule has 3 aromatic rings. The van der Waals surface area contributed by atoms with Gasteiger partial charge in [0.2, 0.25) is 5.88 Å². The van der Waals surface area contributed by atoms with E-state index in [4.69, 9.17) is 4.74 Å². The van der Waals surface area contributed by atoms with E-state index in [-0.39, 0.29) is 12.5 Å². The zero-order valence-electron chi connectivity index (χ0n) is 14.9. The Kier molecular flexibility index (Phi) is 4.69. The summed E-state index contributed by atoms with van der Waals surface area (Å²) in [6.07, 6.45) is 3.59. The maximum absolute atomic E-state index is 12.3. The summed E-state index contributed by atoms with van der Waals surface area (Å²) in [7, 11) is 3.57. The average molecular weight is 342 g/mol. The molecule has 0 aliphatic rings. The van der Waals surface area contributed by atoms with Crippen molar-refractivity contribution in [2.45, 2.75) is 20.4 Å². The van der Waals surface area contributed by atoms with Gasteiger partial charge in [-0.2, -0.15) is 5.10 Å². The normalized spacial score (nSPS) is 11.0. The number of aryl methyl sites for hydroxylation is 3. The van der Waals surface area contributed by atoms with Crippen LogP contribution in [0.5, 0.6) is 5.88 Å². The Balaban J connectivity index is 1.65. The molecule has 0 radical (unpaired) electrons. The lowest BCUT2D eigenvalue weighted by Crippen LogP contribution is -2.34. The number of rotatable bonds is 6. The molecule has 3 rings (SSSR count). The van der Waals surface area contributed by atoms with Gasteiger partial charge in [0, 0.05) is 38.7 Å². The van der Waals surface area contributed by atoms with Crippen LogP contribution in [-0.2, 0) is 18.4 Å². The highest BCUT2D eigenvalue weighted by atomic mass is 16.5. The van der Waals surface area contributed by atoms with Gasteiger partial charge in [-0.25, -0.2) is 9.67 Å². The topological polar surface area (TPSA) is 78.1 Å². The number of nitrogens with zero attached hydrogens (tertiary/aromatic N) is 6. The van der Waals surface area contributed by atoms with Crippen LogP contribution >= 0.6 is 0 Å². The Bertz CT molecular complexity index is 884. The molecule has 8 heteroatoms. The van der Waals surface area contributed by atoms with E-state index >= 15 is 0 Å². The van der Waals surface area contributed by atoms with Crippen LogP contribution in [0, 0.1) is 13.8 Å². The fourth-order valence-electron chi connectivity index (χ4n) is 2.70. The first-order valence-corrected chi connectivity index (χ1v) is 8.11. The van der Waals surface area contributed by atoms with Crippen molar-refractivity contribution in [1.29, 1.82) is 0 Å². The number of hydrogen-bond donors (Lipinski definition) is 0. The predicted molar refractivity (Wildman–Crippen MR) is 93.3 cm³/mol. The molecule has 0 N–H and O–H groups in total. The lowest BCUT2D eigenvalue weighted by Gasteiger charge is -2.17. The highest BCUT2D eigenvalue weighted by Gasteiger charge is 2.17. The molecule has 0 unspecified atom stereocenters. The van der Waals surface area contributed by atoms with Crippen molar-refractivity contribution < 1.29 is 9.53 Å². The molecule has 3 heterocycles. The summed E-state index contributed by atoms with van der Waals surface area (Å²) in [5, 5.41) is 9.33. The van der Waals surface area contributed by atoms with Crippen molar-refractivity contribution in [3.05, 3.63) is 35.8 Å². The second-order valence-corrected chi connectivity index (χ2v) is 6.08. The van der Waals surface area contributed by atoms with Crippen LogP contribution in [0.15, 0.2) is 24.5 Å². The molecule has 0 saturated heterocycles. The molecule has 3 aromatic heterocycles. The van der Waals surface area contributed by atoms with E-state index in [9.17, 15) is 4.79 Å². The Morgan fingerprint density at radius 2 is 2.16 bits per heavy atom. The SMILES string of the molecule is Cc1cc(C)c2c(OCC(=O)N(C)CCn3cccn3)nn(C)c2n1. The van der Waals surface area contributed by atoms with Gasteiger partial charge in [0.1, 0.15) is 0 Å². The van der Waals surface area contributed by atoms with Gasteiger partial charge in [0.25, 0.3) is 5.91 Å². The van der Waals surface area contributed by atoms with Crippen LogP contribution in [-0.4, -0.2) is 55.6 Å². The number of aromatic nitrogens is 5. The highest BCUT2D eigenvalue weighted by molar-refractivity contribution is 5.85. The van der Waals surface area contributed by atoms with Crippen LogP contribution in [0.2, 0.25) is 0 Å². The number of pyridine rings is 1. The van der Waals surface area contributed by atoms with Crippen molar-refractivity contribution >= 4 is 16.9 Å². The number of hydrogen-bond acceptors (Lipinski definition) is 5. The van der Waals surface area contributed by atoms with Crippen molar-refractivity contribution in [2.75, 3.05) is 20.2 Å². The van der Waals surface area contributed by atoms with E-state index in [1.54, 1.807) is 27.5 Å². The molecule has 0 bridgehead atoms. The number of carbonyl (C=O) groups excluding carboxylic acids is 1. The lowest BCUT2D eigenvalue weighted by molar-refractivity contribution is -0.132. The van der Waals surface area contributed by atoms with Crippen LogP contribution in [0.3, 0.4) is 0 Å². The van der Waals surface area contributed by atoms with Crippen LogP contribution < -0.4 is 4.74 Å². The Morgan fingerprint density at radius 3 is 2.88 bits per heavy atom. The molecule has 0 spiro atoms. The summed E-state index contributed by atoms with van der Waals surface area (Å²) in [6.45, 7) is 5.08. The zero-order chi connectivity index (χ0) is 18.0. The molecule has 0 fully saturated rings. The van der Waals surface area contributed by atoms with Gasteiger partial charge >= 0.3 is 0 Å². The largest absolute Gasteiger partial charge is 0.466 e. The third-order valence-electron chi connectivity index (χ3n) is 4.07. The summed E-state index contributed by atoms with van der Waals surface area (Å²) in [6, 6.07) is 3.84. The Hall–Kier alpha value is -2.90. The fraction of sp³-hybridized carbons (Fsp3) is 0.412. The third kappa shape index (κ3) is 3.62. The summed E-state index contributed by atoms with van der Waals surface area (Å²) in [5.41, 5.74) is 2.71. The summed E-state index contributed by atoms with van der Waals surface area (Å²) < 4.78 is 9.16. The van der Waals surface area contributed by atoms with E-state index in [0.29, 0.717) is 19.0 Å². The average Bonchev–Trinajstić information content (AvgIpc) is 3.19. The van der Waals surface area contributed by atoms with E-state index in [2.05, 4.69) is 15.2 Å². The standard InChI is InChI=1S/C17H22N6O2/c1-12-10-13(2)19-16-15(12)17(20-22(16)4)25-11-14(24)21(3)8-9-23-7-5-6-18-23/h5-7,10H,8-9,11H2,1-4H3. The van der Waals surface area contributed by atoms with Crippen molar-refractivity contribution in [3.63, 3.8) is 0 Å². The van der Waals surface area contributed by atoms with Crippen molar-refractivity contribution in [1.82, 2.24) is 29.4 Å². The third-order valence-corrected chi connectivity index (χ3v) is 4.07. The molecule has 0 saturated carbocycles. The predicted octanol–water partition coefficient (Wildman–Crippen LogP) is 1.32. The van der Waals surface area contributed by atoms with E-state index in [1.165, 1.54) is 0 Å². The second-order valence-electron chi connectivity index (χ2n) is 6.08. The molecular formula is C17H22N6O2. The minimum Gasteiger partial charge on any atom is -0.466 e. The van der Waals surface area contributed by atoms with E-state index in [1.807, 2.05) is 39.2 Å². The van der Waals surface area contributed by atoms with Gasteiger partial charge < -0.3 is 9.64 Å². The number of amides is 1. The first-order valence-electron chi connectivity index (χ1n) is 8.11. The van der Waals surface area contributed by atoms with Crippen molar-refractivity contribution in [3.8, 4) is 5.88 Å². The molecule has 1 amide bonds. The first kappa shape index (κ1) is 16.9. The molecule has 0 aliphatic heterocycles. The van der Waals surface area contributed by atoms with Gasteiger partial charge in [-0.05, 0) is 31.5 Å². The first-order chi connectivity index (χ1) is 12.0. The smallest absolute Gasteiger partial charge is 0.260 e. The molecule has 0 aliphatic carbocycles. The minimum atomic E-state index is -0.108. The monoisotopic (exact) mass is 342 g/mol. The van der Waals surface area contributed by atoms with Gasteiger partial charge in [0.15, 0.2) is 12.3 Å². The van der Waals surface area contributed by atoms with Crippen molar-refractivity contribution in [2.24, 2.45) is 7.05 Å². The summed E-state index contributed by atoms with van der Waals surface area (Å²) >= 11 is 0. The molecule has 132 valence electrons. The van der Waals surface area contributed by atoms with Crippen LogP contribution in [0.1, 0.15) is 11.3 Å². The number of carbonyl (C=O) groups is 1.